The molecule has 0 N–H and O–H groups in total. The average molecular weight is 524 g/mol. The van der Waals surface area contributed by atoms with Crippen LogP contribution >= 0.6 is 0 Å². The second-order valence-electron chi connectivity index (χ2n) is 12.0. The molecule has 0 aliphatic heterocycles. The predicted octanol–water partition coefficient (Wildman–Crippen LogP) is 10.8. The molecule has 0 unspecified atom stereocenters. The molecule has 9 rings (SSSR count). The molecule has 0 fully saturated rings. The summed E-state index contributed by atoms with van der Waals surface area (Å²) in [6.07, 6.45) is 0.986. The third-order valence-corrected chi connectivity index (χ3v) is 9.28. The second kappa shape index (κ2) is 8.08. The summed E-state index contributed by atoms with van der Waals surface area (Å²) < 4.78 is 2.53. The molecule has 41 heavy (non-hydrogen) atoms. The van der Waals surface area contributed by atoms with Gasteiger partial charge >= 0.3 is 0 Å². The summed E-state index contributed by atoms with van der Waals surface area (Å²) >= 11 is 0. The molecule has 1 heteroatoms. The Kier molecular flexibility index (Phi) is 4.51. The van der Waals surface area contributed by atoms with Gasteiger partial charge in [-0.1, -0.05) is 77.9 Å². The molecule has 0 atom stereocenters. The number of hydrogen-bond donors (Lipinski definition) is 0. The predicted molar refractivity (Wildman–Crippen MR) is 176 cm³/mol. The Bertz CT molecular complexity index is 2470. The zero-order chi connectivity index (χ0) is 27.4. The van der Waals surface area contributed by atoms with Crippen LogP contribution in [0, 0.1) is 20.8 Å². The molecule has 194 valence electrons. The fraction of sp³-hybridized carbons (Fsp3) is 0.100. The van der Waals surface area contributed by atoms with Crippen LogP contribution in [0.25, 0.3) is 70.8 Å². The highest BCUT2D eigenvalue weighted by molar-refractivity contribution is 6.26. The molecule has 0 saturated carbocycles. The maximum atomic E-state index is 2.53. The number of aryl methyl sites for hydroxylation is 3. The Hall–Kier alpha value is -4.88. The normalized spacial score (nSPS) is 12.7. The fourth-order valence-corrected chi connectivity index (χ4v) is 7.50. The Morgan fingerprint density at radius 3 is 1.83 bits per heavy atom. The summed E-state index contributed by atoms with van der Waals surface area (Å²) in [5.41, 5.74) is 13.3. The molecular formula is C40H29N. The first kappa shape index (κ1) is 22.9. The Morgan fingerprint density at radius 1 is 0.415 bits per heavy atom. The van der Waals surface area contributed by atoms with Crippen molar-refractivity contribution in [2.45, 2.75) is 27.2 Å². The number of rotatable bonds is 0. The van der Waals surface area contributed by atoms with E-state index >= 15 is 0 Å². The lowest BCUT2D eigenvalue weighted by Crippen LogP contribution is -1.87. The standard InChI is InChI=1S/C40H29N/c1-23-12-14-26-20-27-21-33-29-9-5-4-8-28(29)30-10-6-7-11-38(30)41-39-15-13-24(2)17-35(39)37-19-25(3)18-36(40(37)41)34(33)22-32(27)31(26)16-23/h4-19,21-22H,20H2,1-3H3. The maximum Gasteiger partial charge on any atom is 0.0620 e. The molecule has 1 aliphatic rings. The van der Waals surface area contributed by atoms with Crippen LogP contribution in [0.3, 0.4) is 0 Å². The molecule has 1 aliphatic carbocycles. The summed E-state index contributed by atoms with van der Waals surface area (Å²) in [6, 6.07) is 41.6. The first-order valence-electron chi connectivity index (χ1n) is 14.6. The van der Waals surface area contributed by atoms with Crippen LogP contribution in [-0.2, 0) is 6.42 Å². The van der Waals surface area contributed by atoms with E-state index < -0.39 is 0 Å². The van der Waals surface area contributed by atoms with Crippen LogP contribution in [0.1, 0.15) is 27.8 Å². The van der Waals surface area contributed by atoms with Gasteiger partial charge in [0.15, 0.2) is 0 Å². The second-order valence-corrected chi connectivity index (χ2v) is 12.0. The van der Waals surface area contributed by atoms with E-state index in [4.69, 9.17) is 0 Å². The Balaban J connectivity index is 1.67. The summed E-state index contributed by atoms with van der Waals surface area (Å²) in [5.74, 6) is 0. The van der Waals surface area contributed by atoms with Crippen LogP contribution in [0.5, 0.6) is 0 Å². The lowest BCUT2D eigenvalue weighted by atomic mass is 9.95. The Morgan fingerprint density at radius 2 is 1.00 bits per heavy atom. The molecule has 0 saturated heterocycles. The van der Waals surface area contributed by atoms with Crippen LogP contribution in [-0.4, -0.2) is 4.40 Å². The van der Waals surface area contributed by atoms with E-state index in [0.717, 1.165) is 6.42 Å². The van der Waals surface area contributed by atoms with E-state index in [-0.39, 0.29) is 0 Å². The quantitative estimate of drug-likeness (QED) is 0.186. The van der Waals surface area contributed by atoms with Crippen LogP contribution in [0.4, 0.5) is 0 Å². The minimum absolute atomic E-state index is 0.986. The van der Waals surface area contributed by atoms with Gasteiger partial charge in [0.1, 0.15) is 0 Å². The van der Waals surface area contributed by atoms with Gasteiger partial charge in [-0.2, -0.15) is 0 Å². The van der Waals surface area contributed by atoms with Gasteiger partial charge in [0.05, 0.1) is 16.6 Å². The molecule has 0 amide bonds. The van der Waals surface area contributed by atoms with Crippen molar-refractivity contribution in [2.75, 3.05) is 0 Å². The number of fused-ring (bicyclic) bond motifs is 13. The van der Waals surface area contributed by atoms with E-state index in [2.05, 4.69) is 134 Å². The van der Waals surface area contributed by atoms with Gasteiger partial charge < -0.3 is 4.40 Å². The van der Waals surface area contributed by atoms with Gasteiger partial charge in [-0.05, 0) is 119 Å². The number of benzene rings is 6. The van der Waals surface area contributed by atoms with Crippen molar-refractivity contribution in [3.63, 3.8) is 0 Å². The van der Waals surface area contributed by atoms with Gasteiger partial charge in [0, 0.05) is 21.5 Å². The minimum atomic E-state index is 0.986. The van der Waals surface area contributed by atoms with Crippen molar-refractivity contribution in [3.05, 3.63) is 137 Å². The molecule has 0 spiro atoms. The molecule has 0 radical (unpaired) electrons. The third-order valence-electron chi connectivity index (χ3n) is 9.28. The molecule has 2 heterocycles. The van der Waals surface area contributed by atoms with Gasteiger partial charge in [-0.15, -0.1) is 0 Å². The molecule has 1 nitrogen and oxygen atoms in total. The van der Waals surface area contributed by atoms with Crippen molar-refractivity contribution >= 4 is 59.6 Å². The monoisotopic (exact) mass is 523 g/mol. The highest BCUT2D eigenvalue weighted by Gasteiger charge is 2.22. The van der Waals surface area contributed by atoms with Crippen molar-refractivity contribution < 1.29 is 0 Å². The number of para-hydroxylation sites is 1. The first-order valence-corrected chi connectivity index (χ1v) is 14.6. The summed E-state index contributed by atoms with van der Waals surface area (Å²) in [7, 11) is 0. The average Bonchev–Trinajstić information content (AvgIpc) is 3.51. The lowest BCUT2D eigenvalue weighted by molar-refractivity contribution is 1.26. The molecular weight excluding hydrogens is 494 g/mol. The van der Waals surface area contributed by atoms with Gasteiger partial charge in [0.25, 0.3) is 0 Å². The van der Waals surface area contributed by atoms with Crippen molar-refractivity contribution in [2.24, 2.45) is 0 Å². The minimum Gasteiger partial charge on any atom is -0.308 e. The third kappa shape index (κ3) is 3.12. The fourth-order valence-electron chi connectivity index (χ4n) is 7.50. The summed E-state index contributed by atoms with van der Waals surface area (Å²) in [6.45, 7) is 6.65. The zero-order valence-corrected chi connectivity index (χ0v) is 23.5. The van der Waals surface area contributed by atoms with E-state index in [9.17, 15) is 0 Å². The highest BCUT2D eigenvalue weighted by atomic mass is 14.9. The Labute approximate surface area is 238 Å². The van der Waals surface area contributed by atoms with Crippen LogP contribution in [0.15, 0.2) is 109 Å². The summed E-state index contributed by atoms with van der Waals surface area (Å²) in [4.78, 5) is 0. The highest BCUT2D eigenvalue weighted by Crippen LogP contribution is 2.44. The largest absolute Gasteiger partial charge is 0.308 e. The van der Waals surface area contributed by atoms with Crippen molar-refractivity contribution in [3.8, 4) is 11.1 Å². The van der Waals surface area contributed by atoms with E-state index in [0.29, 0.717) is 0 Å². The topological polar surface area (TPSA) is 4.41 Å². The van der Waals surface area contributed by atoms with Gasteiger partial charge in [0.2, 0.25) is 0 Å². The summed E-state index contributed by atoms with van der Waals surface area (Å²) in [5, 5.41) is 10.4. The van der Waals surface area contributed by atoms with Crippen LogP contribution < -0.4 is 0 Å². The maximum absolute atomic E-state index is 2.53. The number of hydrogen-bond acceptors (Lipinski definition) is 0. The van der Waals surface area contributed by atoms with Gasteiger partial charge in [-0.25, -0.2) is 0 Å². The van der Waals surface area contributed by atoms with E-state index in [1.54, 1.807) is 0 Å². The van der Waals surface area contributed by atoms with Crippen molar-refractivity contribution in [1.82, 2.24) is 4.40 Å². The van der Waals surface area contributed by atoms with E-state index in [1.165, 1.54) is 98.6 Å². The van der Waals surface area contributed by atoms with Crippen molar-refractivity contribution in [1.29, 1.82) is 0 Å². The van der Waals surface area contributed by atoms with E-state index in [1.807, 2.05) is 0 Å². The zero-order valence-electron chi connectivity index (χ0n) is 23.5. The van der Waals surface area contributed by atoms with Gasteiger partial charge in [-0.3, -0.25) is 0 Å². The SMILES string of the molecule is Cc1ccc2c(c1)-c1cc3c(cc1C2)c1ccccc1c1ccccc1n1c2ccc(C)cc2c2cc(C)cc3c21. The molecule has 6 aromatic carbocycles. The molecule has 8 aromatic rings. The first-order chi connectivity index (χ1) is 20.0. The molecule has 2 aromatic heterocycles. The number of nitrogens with zero attached hydrogens (tertiary/aromatic N) is 1. The number of aromatic nitrogens is 1. The lowest BCUT2D eigenvalue weighted by Gasteiger charge is -2.09. The smallest absolute Gasteiger partial charge is 0.0620 e. The molecule has 0 bridgehead atoms. The van der Waals surface area contributed by atoms with Crippen LogP contribution in [0.2, 0.25) is 0 Å².